The molecule has 2 aliphatic rings. The highest BCUT2D eigenvalue weighted by atomic mass is 32.1. The summed E-state index contributed by atoms with van der Waals surface area (Å²) in [5.74, 6) is 0.0243. The van der Waals surface area contributed by atoms with Crippen LogP contribution in [0, 0.1) is 11.3 Å². The molecule has 0 saturated carbocycles. The van der Waals surface area contributed by atoms with Crippen LogP contribution in [0.1, 0.15) is 53.4 Å². The number of quaternary nitrogens is 1. The first kappa shape index (κ1) is 17.3. The van der Waals surface area contributed by atoms with E-state index in [0.717, 1.165) is 43.6 Å². The van der Waals surface area contributed by atoms with Crippen molar-refractivity contribution in [1.29, 1.82) is 5.26 Å². The number of thiophene rings is 1. The molecule has 26 heavy (non-hydrogen) atoms. The van der Waals surface area contributed by atoms with E-state index in [-0.39, 0.29) is 5.91 Å². The lowest BCUT2D eigenvalue weighted by molar-refractivity contribution is -0.910. The average Bonchev–Trinajstić information content (AvgIpc) is 3.32. The van der Waals surface area contributed by atoms with Gasteiger partial charge in [-0.05, 0) is 43.4 Å². The maximum Gasteiger partial charge on any atom is 0.280 e. The molecule has 2 aromatic heterocycles. The molecule has 3 heterocycles. The number of hydrogen-bond acceptors (Lipinski definition) is 3. The van der Waals surface area contributed by atoms with Gasteiger partial charge in [-0.3, -0.25) is 4.79 Å². The summed E-state index contributed by atoms with van der Waals surface area (Å²) in [6.45, 7) is 1.48. The van der Waals surface area contributed by atoms with Gasteiger partial charge in [-0.25, -0.2) is 0 Å². The molecule has 1 saturated heterocycles. The maximum atomic E-state index is 12.7. The fraction of sp³-hybridized carbons (Fsp3) is 0.500. The highest BCUT2D eigenvalue weighted by Gasteiger charge is 2.33. The largest absolute Gasteiger partial charge is 0.350 e. The molecule has 1 unspecified atom stereocenters. The number of carbonyl (C=O) groups excluding carboxylic acids is 1. The van der Waals surface area contributed by atoms with Crippen molar-refractivity contribution in [3.05, 3.63) is 40.0 Å². The minimum atomic E-state index is 0.0243. The Balaban J connectivity index is 1.47. The topological polar surface area (TPSA) is 62.3 Å². The zero-order chi connectivity index (χ0) is 18.1. The van der Waals surface area contributed by atoms with Gasteiger partial charge in [0, 0.05) is 31.0 Å². The summed E-state index contributed by atoms with van der Waals surface area (Å²) < 4.78 is 2.16. The summed E-state index contributed by atoms with van der Waals surface area (Å²) >= 11 is 1.61. The molecule has 136 valence electrons. The van der Waals surface area contributed by atoms with Crippen molar-refractivity contribution in [3.8, 4) is 6.07 Å². The van der Waals surface area contributed by atoms with Crippen molar-refractivity contribution < 1.29 is 9.69 Å². The van der Waals surface area contributed by atoms with E-state index >= 15 is 0 Å². The number of aryl methyl sites for hydroxylation is 2. The number of rotatable bonds is 4. The molecule has 2 aromatic rings. The van der Waals surface area contributed by atoms with Crippen molar-refractivity contribution in [2.45, 2.75) is 44.6 Å². The Morgan fingerprint density at radius 1 is 1.42 bits per heavy atom. The van der Waals surface area contributed by atoms with Crippen molar-refractivity contribution in [2.24, 2.45) is 7.05 Å². The summed E-state index contributed by atoms with van der Waals surface area (Å²) in [4.78, 5) is 15.3. The fourth-order valence-electron chi connectivity index (χ4n) is 4.47. The van der Waals surface area contributed by atoms with Gasteiger partial charge >= 0.3 is 0 Å². The quantitative estimate of drug-likeness (QED) is 0.868. The Morgan fingerprint density at radius 2 is 2.27 bits per heavy atom. The predicted molar refractivity (Wildman–Crippen MR) is 102 cm³/mol. The van der Waals surface area contributed by atoms with Crippen molar-refractivity contribution in [2.75, 3.05) is 18.4 Å². The van der Waals surface area contributed by atoms with Gasteiger partial charge in [-0.15, -0.1) is 11.3 Å². The monoisotopic (exact) mass is 369 g/mol. The van der Waals surface area contributed by atoms with Gasteiger partial charge < -0.3 is 14.8 Å². The Morgan fingerprint density at radius 3 is 3.04 bits per heavy atom. The van der Waals surface area contributed by atoms with Crippen LogP contribution in [0.25, 0.3) is 0 Å². The number of likely N-dealkylation sites (tertiary alicyclic amines) is 1. The molecule has 1 fully saturated rings. The van der Waals surface area contributed by atoms with E-state index in [1.165, 1.54) is 27.5 Å². The second kappa shape index (κ2) is 7.26. The highest BCUT2D eigenvalue weighted by molar-refractivity contribution is 7.16. The Bertz CT molecular complexity index is 860. The molecule has 1 aliphatic carbocycles. The number of nitrogens with zero attached hydrogens (tertiary/aromatic N) is 2. The van der Waals surface area contributed by atoms with E-state index in [1.54, 1.807) is 11.3 Å². The van der Waals surface area contributed by atoms with Crippen LogP contribution in [-0.2, 0) is 24.7 Å². The summed E-state index contributed by atoms with van der Waals surface area (Å²) in [5, 5.41) is 13.4. The van der Waals surface area contributed by atoms with E-state index in [4.69, 9.17) is 0 Å². The molecule has 2 atom stereocenters. The van der Waals surface area contributed by atoms with Gasteiger partial charge in [0.25, 0.3) is 5.91 Å². The van der Waals surface area contributed by atoms with Gasteiger partial charge in [0.05, 0.1) is 17.8 Å². The number of hydrogen-bond donors (Lipinski definition) is 2. The number of amides is 1. The third kappa shape index (κ3) is 3.17. The van der Waals surface area contributed by atoms with E-state index in [9.17, 15) is 10.1 Å². The molecule has 0 bridgehead atoms. The lowest BCUT2D eigenvalue weighted by Gasteiger charge is -2.21. The Kier molecular flexibility index (Phi) is 4.84. The number of nitrogens with one attached hydrogen (secondary N) is 2. The third-order valence-electron chi connectivity index (χ3n) is 5.75. The zero-order valence-corrected chi connectivity index (χ0v) is 16.0. The smallest absolute Gasteiger partial charge is 0.280 e. The first-order valence-corrected chi connectivity index (χ1v) is 10.3. The zero-order valence-electron chi connectivity index (χ0n) is 15.2. The van der Waals surface area contributed by atoms with Gasteiger partial charge in [-0.1, -0.05) is 0 Å². The lowest BCUT2D eigenvalue weighted by Crippen LogP contribution is -3.11. The molecule has 0 aromatic carbocycles. The third-order valence-corrected chi connectivity index (χ3v) is 6.96. The van der Waals surface area contributed by atoms with Crippen molar-refractivity contribution in [3.63, 3.8) is 0 Å². The van der Waals surface area contributed by atoms with Gasteiger partial charge in [0.2, 0.25) is 0 Å². The molecule has 1 aliphatic heterocycles. The first-order chi connectivity index (χ1) is 12.7. The van der Waals surface area contributed by atoms with Crippen LogP contribution in [0.3, 0.4) is 0 Å². The predicted octanol–water partition coefficient (Wildman–Crippen LogP) is 2.20. The van der Waals surface area contributed by atoms with Crippen LogP contribution in [0.2, 0.25) is 0 Å². The summed E-state index contributed by atoms with van der Waals surface area (Å²) in [5.41, 5.74) is 3.18. The number of fused-ring (bicyclic) bond motifs is 1. The number of carbonyl (C=O) groups is 1. The summed E-state index contributed by atoms with van der Waals surface area (Å²) in [6, 6.07) is 6.94. The molecule has 0 radical (unpaired) electrons. The standard InChI is InChI=1S/C20H24N4OS/c1-23-10-4-7-16(23)17-8-5-11-24(17)13-19(25)22-20-15(12-21)14-6-2-3-9-18(14)26-20/h4,7,10,17H,2-3,5-6,8-9,11,13H2,1H3,(H,22,25)/p+1/t17-/m0/s1. The van der Waals surface area contributed by atoms with Crippen LogP contribution in [0.5, 0.6) is 0 Å². The second-order valence-electron chi connectivity index (χ2n) is 7.40. The summed E-state index contributed by atoms with van der Waals surface area (Å²) in [6.07, 6.45) is 8.67. The van der Waals surface area contributed by atoms with E-state index in [2.05, 4.69) is 41.3 Å². The fourth-order valence-corrected chi connectivity index (χ4v) is 5.72. The minimum absolute atomic E-state index is 0.0243. The number of nitriles is 1. The number of aromatic nitrogens is 1. The lowest BCUT2D eigenvalue weighted by atomic mass is 9.96. The van der Waals surface area contributed by atoms with Gasteiger partial charge in [-0.2, -0.15) is 5.26 Å². The molecule has 6 heteroatoms. The minimum Gasteiger partial charge on any atom is -0.350 e. The van der Waals surface area contributed by atoms with Crippen molar-refractivity contribution in [1.82, 2.24) is 4.57 Å². The molecular weight excluding hydrogens is 344 g/mol. The molecule has 0 spiro atoms. The molecule has 1 amide bonds. The van der Waals surface area contributed by atoms with Crippen LogP contribution in [-0.4, -0.2) is 23.6 Å². The van der Waals surface area contributed by atoms with Crippen LogP contribution < -0.4 is 10.2 Å². The van der Waals surface area contributed by atoms with E-state index < -0.39 is 0 Å². The van der Waals surface area contributed by atoms with Crippen LogP contribution >= 0.6 is 11.3 Å². The first-order valence-electron chi connectivity index (χ1n) is 9.47. The highest BCUT2D eigenvalue weighted by Crippen LogP contribution is 2.37. The van der Waals surface area contributed by atoms with Gasteiger partial charge in [0.15, 0.2) is 6.54 Å². The second-order valence-corrected chi connectivity index (χ2v) is 8.50. The SMILES string of the molecule is Cn1cccc1[C@@H]1CCC[NH+]1CC(=O)Nc1sc2c(c1C#N)CCCC2. The molecule has 5 nitrogen and oxygen atoms in total. The normalized spacial score (nSPS) is 22.0. The Hall–Kier alpha value is -2.10. The maximum absolute atomic E-state index is 12.7. The summed E-state index contributed by atoms with van der Waals surface area (Å²) in [7, 11) is 2.07. The molecule has 2 N–H and O–H groups in total. The van der Waals surface area contributed by atoms with Crippen LogP contribution in [0.4, 0.5) is 5.00 Å². The van der Waals surface area contributed by atoms with Crippen molar-refractivity contribution >= 4 is 22.2 Å². The molecule has 4 rings (SSSR count). The number of anilines is 1. The van der Waals surface area contributed by atoms with E-state index in [0.29, 0.717) is 18.2 Å². The van der Waals surface area contributed by atoms with Crippen LogP contribution in [0.15, 0.2) is 18.3 Å². The Labute approximate surface area is 158 Å². The molecular formula is C20H25N4OS+. The van der Waals surface area contributed by atoms with Gasteiger partial charge in [0.1, 0.15) is 17.1 Å². The van der Waals surface area contributed by atoms with E-state index in [1.807, 2.05) is 0 Å². The average molecular weight is 370 g/mol.